The van der Waals surface area contributed by atoms with Gasteiger partial charge in [-0.05, 0) is 18.2 Å². The zero-order valence-electron chi connectivity index (χ0n) is 11.7. The Balaban J connectivity index is 3.15. The minimum absolute atomic E-state index is 0.0716. The van der Waals surface area contributed by atoms with Gasteiger partial charge in [0, 0.05) is 13.6 Å². The molecule has 0 unspecified atom stereocenters. The molecule has 0 aliphatic rings. The minimum atomic E-state index is -3.92. The van der Waals surface area contributed by atoms with Crippen molar-refractivity contribution in [2.45, 2.75) is 23.1 Å². The van der Waals surface area contributed by atoms with Crippen LogP contribution in [0.1, 0.15) is 13.3 Å². The Morgan fingerprint density at radius 2 is 1.76 bits per heavy atom. The predicted octanol–water partition coefficient (Wildman–Crippen LogP) is 0.575. The third-order valence-electron chi connectivity index (χ3n) is 2.89. The van der Waals surface area contributed by atoms with E-state index in [0.29, 0.717) is 0 Å². The lowest BCUT2D eigenvalue weighted by atomic mass is 10.4. The highest BCUT2D eigenvalue weighted by molar-refractivity contribution is 7.91. The van der Waals surface area contributed by atoms with Crippen LogP contribution in [-0.4, -0.2) is 51.6 Å². The van der Waals surface area contributed by atoms with E-state index < -0.39 is 25.8 Å². The van der Waals surface area contributed by atoms with Crippen molar-refractivity contribution in [2.24, 2.45) is 0 Å². The molecule has 9 heteroatoms. The number of hydrogen-bond acceptors (Lipinski definition) is 5. The summed E-state index contributed by atoms with van der Waals surface area (Å²) in [5.74, 6) is -1.25. The van der Waals surface area contributed by atoms with Gasteiger partial charge in [-0.25, -0.2) is 21.1 Å². The van der Waals surface area contributed by atoms with Gasteiger partial charge in [-0.3, -0.25) is 4.79 Å². The smallest absolute Gasteiger partial charge is 0.304 e. The number of carbonyl (C=O) groups is 1. The molecule has 0 saturated heterocycles. The molecule has 0 heterocycles. The average Bonchev–Trinajstić information content (AvgIpc) is 2.44. The summed E-state index contributed by atoms with van der Waals surface area (Å²) in [5, 5.41) is 8.58. The molecule has 1 rings (SSSR count). The largest absolute Gasteiger partial charge is 0.481 e. The van der Waals surface area contributed by atoms with Crippen molar-refractivity contribution in [3.8, 4) is 0 Å². The van der Waals surface area contributed by atoms with Crippen LogP contribution in [0.3, 0.4) is 0 Å². The van der Waals surface area contributed by atoms with Crippen LogP contribution in [0.5, 0.6) is 0 Å². The maximum Gasteiger partial charge on any atom is 0.304 e. The Morgan fingerprint density at radius 3 is 2.29 bits per heavy atom. The van der Waals surface area contributed by atoms with Gasteiger partial charge in [0.2, 0.25) is 10.0 Å². The zero-order chi connectivity index (χ0) is 16.3. The van der Waals surface area contributed by atoms with Gasteiger partial charge >= 0.3 is 5.97 Å². The topological polar surface area (TPSA) is 109 Å². The highest BCUT2D eigenvalue weighted by Crippen LogP contribution is 2.19. The quantitative estimate of drug-likeness (QED) is 0.780. The second-order valence-corrected chi connectivity index (χ2v) is 8.67. The molecule has 0 fully saturated rings. The van der Waals surface area contributed by atoms with E-state index in [9.17, 15) is 21.6 Å². The molecule has 0 aliphatic carbocycles. The first-order chi connectivity index (χ1) is 9.61. The number of benzene rings is 1. The van der Waals surface area contributed by atoms with Crippen LogP contribution < -0.4 is 0 Å². The van der Waals surface area contributed by atoms with Crippen molar-refractivity contribution in [3.63, 3.8) is 0 Å². The lowest BCUT2D eigenvalue weighted by Gasteiger charge is -2.16. The monoisotopic (exact) mass is 335 g/mol. The minimum Gasteiger partial charge on any atom is -0.481 e. The fraction of sp³-hybridized carbons (Fsp3) is 0.417. The van der Waals surface area contributed by atoms with Gasteiger partial charge in [0.15, 0.2) is 9.84 Å². The molecule has 0 amide bonds. The third kappa shape index (κ3) is 4.26. The summed E-state index contributed by atoms with van der Waals surface area (Å²) >= 11 is 0. The van der Waals surface area contributed by atoms with Crippen LogP contribution in [0.25, 0.3) is 0 Å². The van der Waals surface area contributed by atoms with Gasteiger partial charge in [0.1, 0.15) is 0 Å². The Morgan fingerprint density at radius 1 is 1.19 bits per heavy atom. The molecule has 118 valence electrons. The summed E-state index contributed by atoms with van der Waals surface area (Å²) in [7, 11) is -6.18. The Kier molecular flexibility index (Phi) is 5.48. The van der Waals surface area contributed by atoms with E-state index in [1.54, 1.807) is 0 Å². The zero-order valence-corrected chi connectivity index (χ0v) is 13.3. The Labute approximate surface area is 124 Å². The molecule has 1 N–H and O–H groups in total. The molecule has 0 radical (unpaired) electrons. The summed E-state index contributed by atoms with van der Waals surface area (Å²) in [4.78, 5) is 10.2. The number of rotatable bonds is 7. The van der Waals surface area contributed by atoms with Gasteiger partial charge < -0.3 is 5.11 Å². The summed E-state index contributed by atoms with van der Waals surface area (Å²) < 4.78 is 48.9. The van der Waals surface area contributed by atoms with Crippen molar-refractivity contribution in [2.75, 3.05) is 19.3 Å². The van der Waals surface area contributed by atoms with Crippen LogP contribution in [0, 0.1) is 0 Å². The van der Waals surface area contributed by atoms with E-state index in [0.717, 1.165) is 10.4 Å². The first-order valence-electron chi connectivity index (χ1n) is 6.12. The van der Waals surface area contributed by atoms with E-state index in [-0.39, 0.29) is 28.5 Å². The normalized spacial score (nSPS) is 12.5. The highest BCUT2D eigenvalue weighted by atomic mass is 32.2. The van der Waals surface area contributed by atoms with E-state index in [1.807, 2.05) is 0 Å². The van der Waals surface area contributed by atoms with Crippen molar-refractivity contribution in [1.29, 1.82) is 0 Å². The predicted molar refractivity (Wildman–Crippen MR) is 76.2 cm³/mol. The number of nitrogens with zero attached hydrogens (tertiary/aromatic N) is 1. The first kappa shape index (κ1) is 17.6. The molecule has 0 atom stereocenters. The molecule has 7 nitrogen and oxygen atoms in total. The molecular formula is C12H17NO6S2. The van der Waals surface area contributed by atoms with E-state index in [1.165, 1.54) is 32.2 Å². The second kappa shape index (κ2) is 6.54. The lowest BCUT2D eigenvalue weighted by molar-refractivity contribution is -0.137. The third-order valence-corrected chi connectivity index (χ3v) is 6.48. The SMILES string of the molecule is CCS(=O)(=O)c1cccc(S(=O)(=O)N(C)CCC(=O)O)c1. The standard InChI is InChI=1S/C12H17NO6S2/c1-3-20(16,17)10-5-4-6-11(9-10)21(18,19)13(2)8-7-12(14)15/h4-6,9H,3,7-8H2,1-2H3,(H,14,15). The van der Waals surface area contributed by atoms with Crippen LogP contribution in [0.2, 0.25) is 0 Å². The number of carboxylic acids is 1. The summed E-state index contributed by atoms with van der Waals surface area (Å²) in [5.41, 5.74) is 0. The molecule has 0 saturated carbocycles. The molecular weight excluding hydrogens is 318 g/mol. The molecule has 21 heavy (non-hydrogen) atoms. The number of hydrogen-bond donors (Lipinski definition) is 1. The summed E-state index contributed by atoms with van der Waals surface area (Å²) in [6.45, 7) is 1.28. The van der Waals surface area contributed by atoms with Crippen LogP contribution >= 0.6 is 0 Å². The van der Waals surface area contributed by atoms with E-state index in [2.05, 4.69) is 0 Å². The molecule has 0 aromatic heterocycles. The van der Waals surface area contributed by atoms with Gasteiger partial charge in [-0.15, -0.1) is 0 Å². The highest BCUT2D eigenvalue weighted by Gasteiger charge is 2.23. The number of carboxylic acid groups (broad SMARTS) is 1. The molecule has 0 aliphatic heterocycles. The number of aliphatic carboxylic acids is 1. The van der Waals surface area contributed by atoms with Crippen molar-refractivity contribution in [1.82, 2.24) is 4.31 Å². The Hall–Kier alpha value is -1.45. The van der Waals surface area contributed by atoms with Gasteiger partial charge in [0.05, 0.1) is 22.0 Å². The molecule has 1 aromatic rings. The van der Waals surface area contributed by atoms with Crippen LogP contribution in [0.15, 0.2) is 34.1 Å². The maximum absolute atomic E-state index is 12.3. The molecule has 0 spiro atoms. The Bertz CT molecular complexity index is 724. The van der Waals surface area contributed by atoms with Crippen molar-refractivity contribution in [3.05, 3.63) is 24.3 Å². The fourth-order valence-electron chi connectivity index (χ4n) is 1.55. The van der Waals surface area contributed by atoms with Gasteiger partial charge in [0.25, 0.3) is 0 Å². The second-order valence-electron chi connectivity index (χ2n) is 4.35. The lowest BCUT2D eigenvalue weighted by Crippen LogP contribution is -2.29. The van der Waals surface area contributed by atoms with Crippen LogP contribution in [-0.2, 0) is 24.7 Å². The fourth-order valence-corrected chi connectivity index (χ4v) is 3.77. The summed E-state index contributed by atoms with van der Waals surface area (Å²) in [6, 6.07) is 5.04. The van der Waals surface area contributed by atoms with E-state index in [4.69, 9.17) is 5.11 Å². The maximum atomic E-state index is 12.3. The van der Waals surface area contributed by atoms with E-state index >= 15 is 0 Å². The summed E-state index contributed by atoms with van der Waals surface area (Å²) in [6.07, 6.45) is -0.331. The molecule has 1 aromatic carbocycles. The van der Waals surface area contributed by atoms with Crippen molar-refractivity contribution < 1.29 is 26.7 Å². The number of sulfonamides is 1. The first-order valence-corrected chi connectivity index (χ1v) is 9.21. The van der Waals surface area contributed by atoms with Gasteiger partial charge in [-0.2, -0.15) is 0 Å². The average molecular weight is 335 g/mol. The van der Waals surface area contributed by atoms with Gasteiger partial charge in [-0.1, -0.05) is 13.0 Å². The number of sulfone groups is 1. The molecule has 0 bridgehead atoms. The van der Waals surface area contributed by atoms with Crippen LogP contribution in [0.4, 0.5) is 0 Å². The van der Waals surface area contributed by atoms with Crippen molar-refractivity contribution >= 4 is 25.8 Å².